The van der Waals surface area contributed by atoms with Crippen LogP contribution < -0.4 is 15.2 Å². The van der Waals surface area contributed by atoms with Crippen LogP contribution in [0.4, 0.5) is 0 Å². The number of hydrogen-bond donors (Lipinski definition) is 1. The van der Waals surface area contributed by atoms with Crippen LogP contribution in [-0.2, 0) is 6.61 Å². The van der Waals surface area contributed by atoms with Gasteiger partial charge in [0.25, 0.3) is 0 Å². The highest BCUT2D eigenvalue weighted by atomic mass is 127. The summed E-state index contributed by atoms with van der Waals surface area (Å²) in [7, 11) is 1.52. The summed E-state index contributed by atoms with van der Waals surface area (Å²) < 4.78 is 11.8. The molecule has 104 valence electrons. The Hall–Kier alpha value is -1.83. The molecule has 0 atom stereocenters. The number of nitrogens with zero attached hydrogens (tertiary/aromatic N) is 1. The number of primary amides is 1. The molecule has 0 aliphatic carbocycles. The van der Waals surface area contributed by atoms with Crippen molar-refractivity contribution in [3.8, 4) is 11.5 Å². The molecule has 0 saturated heterocycles. The summed E-state index contributed by atoms with van der Waals surface area (Å²) >= 11 is 2.08. The fraction of sp³-hybridized carbons (Fsp3) is 0.143. The van der Waals surface area contributed by atoms with E-state index in [0.29, 0.717) is 23.7 Å². The van der Waals surface area contributed by atoms with Gasteiger partial charge < -0.3 is 15.2 Å². The van der Waals surface area contributed by atoms with Gasteiger partial charge in [-0.3, -0.25) is 9.78 Å². The second-order valence-corrected chi connectivity index (χ2v) is 5.17. The lowest BCUT2D eigenvalue weighted by molar-refractivity contribution is 0.1000. The van der Waals surface area contributed by atoms with Crippen LogP contribution in [0.25, 0.3) is 0 Å². The predicted octanol–water partition coefficient (Wildman–Crippen LogP) is 2.37. The maximum absolute atomic E-state index is 11.2. The van der Waals surface area contributed by atoms with E-state index in [1.54, 1.807) is 24.5 Å². The molecule has 0 unspecified atom stereocenters. The summed E-state index contributed by atoms with van der Waals surface area (Å²) in [5, 5.41) is 0. The van der Waals surface area contributed by atoms with Crippen LogP contribution in [-0.4, -0.2) is 18.0 Å². The van der Waals surface area contributed by atoms with E-state index in [0.717, 1.165) is 9.13 Å². The zero-order chi connectivity index (χ0) is 14.5. The minimum absolute atomic E-state index is 0.371. The number of carbonyl (C=O) groups excluding carboxylic acids is 1. The number of methoxy groups -OCH3 is 1. The molecule has 0 radical (unpaired) electrons. The first kappa shape index (κ1) is 14.6. The number of carbonyl (C=O) groups is 1. The first-order valence-corrected chi connectivity index (χ1v) is 6.88. The highest BCUT2D eigenvalue weighted by Crippen LogP contribution is 2.34. The number of halogens is 1. The van der Waals surface area contributed by atoms with Crippen molar-refractivity contribution in [3.63, 3.8) is 0 Å². The average Bonchev–Trinajstić information content (AvgIpc) is 2.46. The SMILES string of the molecule is COc1cc(C(N)=O)cc(I)c1OCc1cccnc1. The number of ether oxygens (including phenoxy) is 2. The van der Waals surface area contributed by atoms with Crippen LogP contribution in [0.15, 0.2) is 36.7 Å². The Balaban J connectivity index is 2.25. The number of pyridine rings is 1. The van der Waals surface area contributed by atoms with Gasteiger partial charge in [0.15, 0.2) is 11.5 Å². The molecule has 0 spiro atoms. The lowest BCUT2D eigenvalue weighted by Crippen LogP contribution is -2.12. The van der Waals surface area contributed by atoms with Crippen LogP contribution in [0.3, 0.4) is 0 Å². The van der Waals surface area contributed by atoms with Crippen LogP contribution in [0.5, 0.6) is 11.5 Å². The van der Waals surface area contributed by atoms with Crippen LogP contribution in [0.1, 0.15) is 15.9 Å². The molecule has 2 N–H and O–H groups in total. The van der Waals surface area contributed by atoms with Gasteiger partial charge in [-0.2, -0.15) is 0 Å². The van der Waals surface area contributed by atoms with Gasteiger partial charge >= 0.3 is 0 Å². The largest absolute Gasteiger partial charge is 0.493 e. The molecule has 0 saturated carbocycles. The summed E-state index contributed by atoms with van der Waals surface area (Å²) in [5.74, 6) is 0.566. The Morgan fingerprint density at radius 3 is 2.85 bits per heavy atom. The third kappa shape index (κ3) is 3.38. The van der Waals surface area contributed by atoms with Crippen molar-refractivity contribution in [2.75, 3.05) is 7.11 Å². The Labute approximate surface area is 130 Å². The molecule has 0 aliphatic heterocycles. The average molecular weight is 384 g/mol. The minimum atomic E-state index is -0.500. The van der Waals surface area contributed by atoms with E-state index in [1.807, 2.05) is 12.1 Å². The van der Waals surface area contributed by atoms with E-state index in [4.69, 9.17) is 15.2 Å². The Morgan fingerprint density at radius 2 is 2.25 bits per heavy atom. The predicted molar refractivity (Wildman–Crippen MR) is 82.8 cm³/mol. The first-order chi connectivity index (χ1) is 9.61. The van der Waals surface area contributed by atoms with Crippen molar-refractivity contribution in [1.29, 1.82) is 0 Å². The van der Waals surface area contributed by atoms with Crippen molar-refractivity contribution in [3.05, 3.63) is 51.4 Å². The Morgan fingerprint density at radius 1 is 1.45 bits per heavy atom. The molecule has 1 aromatic carbocycles. The molecule has 6 heteroatoms. The van der Waals surface area contributed by atoms with Crippen molar-refractivity contribution in [2.45, 2.75) is 6.61 Å². The van der Waals surface area contributed by atoms with Gasteiger partial charge in [0, 0.05) is 23.5 Å². The zero-order valence-electron chi connectivity index (χ0n) is 10.8. The molecule has 0 bridgehead atoms. The molecular formula is C14H13IN2O3. The molecular weight excluding hydrogens is 371 g/mol. The molecule has 1 aromatic heterocycles. The van der Waals surface area contributed by atoms with E-state index in [-0.39, 0.29) is 0 Å². The summed E-state index contributed by atoms with van der Waals surface area (Å²) in [6.07, 6.45) is 3.44. The second-order valence-electron chi connectivity index (χ2n) is 4.00. The highest BCUT2D eigenvalue weighted by molar-refractivity contribution is 14.1. The lowest BCUT2D eigenvalue weighted by atomic mass is 10.2. The van der Waals surface area contributed by atoms with Crippen molar-refractivity contribution in [1.82, 2.24) is 4.98 Å². The highest BCUT2D eigenvalue weighted by Gasteiger charge is 2.14. The maximum atomic E-state index is 11.2. The lowest BCUT2D eigenvalue weighted by Gasteiger charge is -2.13. The van der Waals surface area contributed by atoms with Gasteiger partial charge in [-0.1, -0.05) is 6.07 Å². The molecule has 0 aliphatic rings. The zero-order valence-corrected chi connectivity index (χ0v) is 13.0. The minimum Gasteiger partial charge on any atom is -0.493 e. The first-order valence-electron chi connectivity index (χ1n) is 5.81. The monoisotopic (exact) mass is 384 g/mol. The van der Waals surface area contributed by atoms with Gasteiger partial charge in [-0.15, -0.1) is 0 Å². The standard InChI is InChI=1S/C14H13IN2O3/c1-19-12-6-10(14(16)18)5-11(15)13(12)20-8-9-3-2-4-17-7-9/h2-7H,8H2,1H3,(H2,16,18). The summed E-state index contributed by atoms with van der Waals surface area (Å²) in [6.45, 7) is 0.371. The topological polar surface area (TPSA) is 74.4 Å². The smallest absolute Gasteiger partial charge is 0.248 e. The Kier molecular flexibility index (Phi) is 4.78. The fourth-order valence-electron chi connectivity index (χ4n) is 1.64. The molecule has 0 fully saturated rings. The summed E-state index contributed by atoms with van der Waals surface area (Å²) in [5.41, 5.74) is 6.61. The van der Waals surface area contributed by atoms with Crippen LogP contribution in [0.2, 0.25) is 0 Å². The van der Waals surface area contributed by atoms with Gasteiger partial charge in [0.2, 0.25) is 5.91 Å². The number of benzene rings is 1. The molecule has 5 nitrogen and oxygen atoms in total. The molecule has 20 heavy (non-hydrogen) atoms. The number of rotatable bonds is 5. The summed E-state index contributed by atoms with van der Waals surface area (Å²) in [6, 6.07) is 7.01. The Bertz CT molecular complexity index is 617. The molecule has 1 heterocycles. The number of hydrogen-bond acceptors (Lipinski definition) is 4. The number of amides is 1. The van der Waals surface area contributed by atoms with Crippen molar-refractivity contribution < 1.29 is 14.3 Å². The van der Waals surface area contributed by atoms with Gasteiger partial charge in [0.1, 0.15) is 6.61 Å². The molecule has 2 rings (SSSR count). The maximum Gasteiger partial charge on any atom is 0.248 e. The van der Waals surface area contributed by atoms with E-state index in [2.05, 4.69) is 27.6 Å². The van der Waals surface area contributed by atoms with Gasteiger partial charge in [0.05, 0.1) is 10.7 Å². The molecule has 1 amide bonds. The van der Waals surface area contributed by atoms with Crippen LogP contribution >= 0.6 is 22.6 Å². The van der Waals surface area contributed by atoms with Gasteiger partial charge in [-0.25, -0.2) is 0 Å². The summed E-state index contributed by atoms with van der Waals surface area (Å²) in [4.78, 5) is 15.3. The van der Waals surface area contributed by atoms with E-state index >= 15 is 0 Å². The third-order valence-electron chi connectivity index (χ3n) is 2.62. The van der Waals surface area contributed by atoms with E-state index < -0.39 is 5.91 Å². The van der Waals surface area contributed by atoms with Crippen molar-refractivity contribution in [2.24, 2.45) is 5.73 Å². The van der Waals surface area contributed by atoms with Crippen LogP contribution in [0, 0.1) is 3.57 Å². The fourth-order valence-corrected chi connectivity index (χ4v) is 2.40. The quantitative estimate of drug-likeness (QED) is 0.804. The number of nitrogens with two attached hydrogens (primary N) is 1. The molecule has 2 aromatic rings. The number of aromatic nitrogens is 1. The normalized spacial score (nSPS) is 10.1. The van der Waals surface area contributed by atoms with E-state index in [9.17, 15) is 4.79 Å². The second kappa shape index (κ2) is 6.56. The van der Waals surface area contributed by atoms with Crippen molar-refractivity contribution >= 4 is 28.5 Å². The van der Waals surface area contributed by atoms with Gasteiger partial charge in [-0.05, 0) is 40.8 Å². The third-order valence-corrected chi connectivity index (χ3v) is 3.42. The van der Waals surface area contributed by atoms with E-state index in [1.165, 1.54) is 7.11 Å².